The Balaban J connectivity index is 2.20. The summed E-state index contributed by atoms with van der Waals surface area (Å²) in [7, 11) is 0. The van der Waals surface area contributed by atoms with Crippen molar-refractivity contribution in [2.75, 3.05) is 11.4 Å². The molecule has 0 aliphatic rings. The van der Waals surface area contributed by atoms with Crippen molar-refractivity contribution in [3.8, 4) is 0 Å². The van der Waals surface area contributed by atoms with Crippen LogP contribution >= 0.6 is 23.2 Å². The van der Waals surface area contributed by atoms with Crippen molar-refractivity contribution in [1.82, 2.24) is 0 Å². The molecule has 0 spiro atoms. The van der Waals surface area contributed by atoms with Crippen LogP contribution in [0.15, 0.2) is 48.5 Å². The molecule has 0 bridgehead atoms. The molecule has 2 aromatic carbocycles. The smallest absolute Gasteiger partial charge is 0.305 e. The molecule has 0 aliphatic carbocycles. The van der Waals surface area contributed by atoms with E-state index < -0.39 is 5.97 Å². The topological polar surface area (TPSA) is 57.6 Å². The average molecular weight is 352 g/mol. The van der Waals surface area contributed by atoms with Gasteiger partial charge in [0, 0.05) is 22.3 Å². The number of rotatable bonds is 6. The van der Waals surface area contributed by atoms with Crippen LogP contribution in [0.25, 0.3) is 0 Å². The van der Waals surface area contributed by atoms with Crippen molar-refractivity contribution in [3.63, 3.8) is 0 Å². The minimum atomic E-state index is -0.955. The maximum Gasteiger partial charge on any atom is 0.305 e. The van der Waals surface area contributed by atoms with E-state index in [1.54, 1.807) is 42.5 Å². The Morgan fingerprint density at radius 3 is 2.35 bits per heavy atom. The molecule has 0 unspecified atom stereocenters. The Bertz CT molecular complexity index is 704. The van der Waals surface area contributed by atoms with Gasteiger partial charge < -0.3 is 10.0 Å². The fraction of sp³-hybridized carbons (Fsp3) is 0.176. The third-order valence-electron chi connectivity index (χ3n) is 3.27. The quantitative estimate of drug-likeness (QED) is 0.854. The Kier molecular flexibility index (Phi) is 6.02. The van der Waals surface area contributed by atoms with Crippen LogP contribution < -0.4 is 4.90 Å². The number of carbonyl (C=O) groups excluding carboxylic acids is 1. The SMILES string of the molecule is O=C(O)CCN(C(=O)Cc1ccc(Cl)cc1Cl)c1ccccc1. The minimum Gasteiger partial charge on any atom is -0.481 e. The molecule has 0 fully saturated rings. The highest BCUT2D eigenvalue weighted by molar-refractivity contribution is 6.35. The van der Waals surface area contributed by atoms with Gasteiger partial charge in [0.05, 0.1) is 12.8 Å². The lowest BCUT2D eigenvalue weighted by atomic mass is 10.1. The number of hydrogen-bond acceptors (Lipinski definition) is 2. The van der Waals surface area contributed by atoms with Crippen LogP contribution in [0, 0.1) is 0 Å². The number of amides is 1. The van der Waals surface area contributed by atoms with Crippen LogP contribution in [0.4, 0.5) is 5.69 Å². The van der Waals surface area contributed by atoms with Gasteiger partial charge in [0.1, 0.15) is 0 Å². The molecular formula is C17H15Cl2NO3. The largest absolute Gasteiger partial charge is 0.481 e. The summed E-state index contributed by atoms with van der Waals surface area (Å²) in [5.41, 5.74) is 1.31. The predicted octanol–water partition coefficient (Wildman–Crippen LogP) is 4.04. The first-order chi connectivity index (χ1) is 11.0. The molecule has 0 aromatic heterocycles. The highest BCUT2D eigenvalue weighted by atomic mass is 35.5. The number of hydrogen-bond donors (Lipinski definition) is 1. The molecule has 0 saturated carbocycles. The van der Waals surface area contributed by atoms with Gasteiger partial charge in [0.25, 0.3) is 0 Å². The molecule has 6 heteroatoms. The van der Waals surface area contributed by atoms with E-state index in [0.29, 0.717) is 21.3 Å². The second kappa shape index (κ2) is 7.99. The standard InChI is InChI=1S/C17H15Cl2NO3/c18-13-7-6-12(15(19)11-13)10-16(21)20(9-8-17(22)23)14-4-2-1-3-5-14/h1-7,11H,8-10H2,(H,22,23). The second-order valence-corrected chi connectivity index (χ2v) is 5.78. The van der Waals surface area contributed by atoms with E-state index in [2.05, 4.69) is 0 Å². The van der Waals surface area contributed by atoms with Gasteiger partial charge in [-0.15, -0.1) is 0 Å². The van der Waals surface area contributed by atoms with E-state index in [1.165, 1.54) is 4.90 Å². The van der Waals surface area contributed by atoms with Crippen LogP contribution in [-0.4, -0.2) is 23.5 Å². The summed E-state index contributed by atoms with van der Waals surface area (Å²) < 4.78 is 0. The van der Waals surface area contributed by atoms with Crippen molar-refractivity contribution in [3.05, 3.63) is 64.1 Å². The van der Waals surface area contributed by atoms with E-state index >= 15 is 0 Å². The van der Waals surface area contributed by atoms with E-state index in [1.807, 2.05) is 6.07 Å². The molecular weight excluding hydrogens is 337 g/mol. The lowest BCUT2D eigenvalue weighted by molar-refractivity contribution is -0.136. The van der Waals surface area contributed by atoms with Crippen molar-refractivity contribution in [1.29, 1.82) is 0 Å². The summed E-state index contributed by atoms with van der Waals surface area (Å²) in [4.78, 5) is 24.9. The first kappa shape index (κ1) is 17.3. The summed E-state index contributed by atoms with van der Waals surface area (Å²) in [6.45, 7) is 0.101. The third-order valence-corrected chi connectivity index (χ3v) is 3.86. The van der Waals surface area contributed by atoms with E-state index in [4.69, 9.17) is 28.3 Å². The van der Waals surface area contributed by atoms with Gasteiger partial charge in [-0.1, -0.05) is 47.5 Å². The molecule has 0 saturated heterocycles. The first-order valence-corrected chi connectivity index (χ1v) is 7.74. The molecule has 2 aromatic rings. The van der Waals surface area contributed by atoms with E-state index in [0.717, 1.165) is 0 Å². The third kappa shape index (κ3) is 4.98. The van der Waals surface area contributed by atoms with Crippen molar-refractivity contribution >= 4 is 40.8 Å². The normalized spacial score (nSPS) is 10.3. The Hall–Kier alpha value is -2.04. The second-order valence-electron chi connectivity index (χ2n) is 4.94. The zero-order valence-corrected chi connectivity index (χ0v) is 13.7. The Morgan fingerprint density at radius 2 is 1.74 bits per heavy atom. The number of benzene rings is 2. The summed E-state index contributed by atoms with van der Waals surface area (Å²) in [6.07, 6.45) is -0.0561. The highest BCUT2D eigenvalue weighted by Crippen LogP contribution is 2.23. The number of para-hydroxylation sites is 1. The van der Waals surface area contributed by atoms with Crippen molar-refractivity contribution < 1.29 is 14.7 Å². The number of carboxylic acid groups (broad SMARTS) is 1. The summed E-state index contributed by atoms with van der Waals surface area (Å²) in [5, 5.41) is 9.79. The van der Waals surface area contributed by atoms with Crippen molar-refractivity contribution in [2.45, 2.75) is 12.8 Å². The maximum atomic E-state index is 12.6. The minimum absolute atomic E-state index is 0.0739. The molecule has 4 nitrogen and oxygen atoms in total. The summed E-state index contributed by atoms with van der Waals surface area (Å²) in [5.74, 6) is -1.18. The van der Waals surface area contributed by atoms with Crippen molar-refractivity contribution in [2.24, 2.45) is 0 Å². The van der Waals surface area contributed by atoms with Gasteiger partial charge in [0.15, 0.2) is 0 Å². The molecule has 2 rings (SSSR count). The van der Waals surface area contributed by atoms with Gasteiger partial charge in [-0.05, 0) is 29.8 Å². The zero-order chi connectivity index (χ0) is 16.8. The number of carbonyl (C=O) groups is 2. The maximum absolute atomic E-state index is 12.6. The first-order valence-electron chi connectivity index (χ1n) is 6.98. The van der Waals surface area contributed by atoms with Crippen LogP contribution in [-0.2, 0) is 16.0 Å². The highest BCUT2D eigenvalue weighted by Gasteiger charge is 2.18. The van der Waals surface area contributed by atoms with E-state index in [-0.39, 0.29) is 25.3 Å². The molecule has 1 amide bonds. The van der Waals surface area contributed by atoms with E-state index in [9.17, 15) is 9.59 Å². The predicted molar refractivity (Wildman–Crippen MR) is 91.2 cm³/mol. The van der Waals surface area contributed by atoms with Crippen LogP contribution in [0.1, 0.15) is 12.0 Å². The van der Waals surface area contributed by atoms with Gasteiger partial charge in [-0.2, -0.15) is 0 Å². The monoisotopic (exact) mass is 351 g/mol. The fourth-order valence-electron chi connectivity index (χ4n) is 2.14. The molecule has 1 N–H and O–H groups in total. The lowest BCUT2D eigenvalue weighted by Gasteiger charge is -2.22. The molecule has 23 heavy (non-hydrogen) atoms. The number of carboxylic acids is 1. The van der Waals surface area contributed by atoms with Gasteiger partial charge in [0.2, 0.25) is 5.91 Å². The fourth-order valence-corrected chi connectivity index (χ4v) is 2.61. The number of anilines is 1. The number of halogens is 2. The Labute approximate surface area is 144 Å². The zero-order valence-electron chi connectivity index (χ0n) is 12.2. The van der Waals surface area contributed by atoms with Crippen LogP contribution in [0.2, 0.25) is 10.0 Å². The number of nitrogens with zero attached hydrogens (tertiary/aromatic N) is 1. The molecule has 0 heterocycles. The number of aliphatic carboxylic acids is 1. The molecule has 120 valence electrons. The van der Waals surface area contributed by atoms with Crippen LogP contribution in [0.5, 0.6) is 0 Å². The van der Waals surface area contributed by atoms with Gasteiger partial charge in [-0.3, -0.25) is 9.59 Å². The summed E-state index contributed by atoms with van der Waals surface area (Å²) in [6, 6.07) is 13.9. The van der Waals surface area contributed by atoms with Gasteiger partial charge in [-0.25, -0.2) is 0 Å². The molecule has 0 radical (unpaired) electrons. The lowest BCUT2D eigenvalue weighted by Crippen LogP contribution is -2.34. The molecule has 0 aliphatic heterocycles. The average Bonchev–Trinajstić information content (AvgIpc) is 2.51. The summed E-state index contributed by atoms with van der Waals surface area (Å²) >= 11 is 12.0. The Morgan fingerprint density at radius 1 is 1.04 bits per heavy atom. The van der Waals surface area contributed by atoms with Gasteiger partial charge >= 0.3 is 5.97 Å². The van der Waals surface area contributed by atoms with Crippen LogP contribution in [0.3, 0.4) is 0 Å². The molecule has 0 atom stereocenters.